The van der Waals surface area contributed by atoms with Gasteiger partial charge in [-0.25, -0.2) is 8.42 Å². The number of nitrogens with zero attached hydrogens (tertiary/aromatic N) is 2. The van der Waals surface area contributed by atoms with Crippen LogP contribution in [-0.2, 0) is 21.4 Å². The van der Waals surface area contributed by atoms with E-state index in [4.69, 9.17) is 4.74 Å². The summed E-state index contributed by atoms with van der Waals surface area (Å²) in [6.07, 6.45) is 3.68. The number of anilines is 1. The number of benzene rings is 2. The number of amides is 1. The van der Waals surface area contributed by atoms with Crippen molar-refractivity contribution < 1.29 is 17.9 Å². The summed E-state index contributed by atoms with van der Waals surface area (Å²) in [5.41, 5.74) is 1.59. The summed E-state index contributed by atoms with van der Waals surface area (Å²) in [5, 5.41) is 2.86. The molecular weight excluding hydrogens is 426 g/mol. The number of methoxy groups -OCH3 is 1. The van der Waals surface area contributed by atoms with Crippen molar-refractivity contribution in [2.24, 2.45) is 0 Å². The van der Waals surface area contributed by atoms with E-state index in [0.717, 1.165) is 37.8 Å². The first-order valence-electron chi connectivity index (χ1n) is 11.2. The minimum atomic E-state index is -3.69. The molecule has 0 saturated carbocycles. The van der Waals surface area contributed by atoms with E-state index in [1.807, 2.05) is 30.3 Å². The quantitative estimate of drug-likeness (QED) is 0.586. The molecule has 1 heterocycles. The van der Waals surface area contributed by atoms with Crippen LogP contribution in [0.1, 0.15) is 38.2 Å². The third kappa shape index (κ3) is 6.31. The van der Waals surface area contributed by atoms with Gasteiger partial charge in [0, 0.05) is 25.3 Å². The molecule has 8 heteroatoms. The van der Waals surface area contributed by atoms with Crippen molar-refractivity contribution in [2.75, 3.05) is 38.6 Å². The molecule has 0 aromatic heterocycles. The largest absolute Gasteiger partial charge is 0.495 e. The molecule has 2 aromatic carbocycles. The van der Waals surface area contributed by atoms with Gasteiger partial charge < -0.3 is 10.1 Å². The number of sulfonamides is 1. The molecule has 0 radical (unpaired) electrons. The predicted octanol–water partition coefficient (Wildman–Crippen LogP) is 3.72. The van der Waals surface area contributed by atoms with Crippen molar-refractivity contribution in [3.8, 4) is 5.75 Å². The van der Waals surface area contributed by atoms with Gasteiger partial charge in [0.05, 0.1) is 13.7 Å². The van der Waals surface area contributed by atoms with E-state index in [9.17, 15) is 13.2 Å². The van der Waals surface area contributed by atoms with E-state index in [1.54, 1.807) is 12.1 Å². The van der Waals surface area contributed by atoms with Gasteiger partial charge in [-0.1, -0.05) is 43.7 Å². The number of carbonyl (C=O) groups excluding carboxylic acids is 1. The zero-order valence-corrected chi connectivity index (χ0v) is 19.7. The first-order chi connectivity index (χ1) is 15.4. The van der Waals surface area contributed by atoms with Crippen molar-refractivity contribution in [1.82, 2.24) is 9.21 Å². The maximum Gasteiger partial charge on any atom is 0.246 e. The second kappa shape index (κ2) is 11.4. The summed E-state index contributed by atoms with van der Waals surface area (Å²) in [6.45, 7) is 4.79. The first kappa shape index (κ1) is 24.2. The van der Waals surface area contributed by atoms with E-state index < -0.39 is 10.0 Å². The lowest BCUT2D eigenvalue weighted by atomic mass is 10.2. The molecule has 1 N–H and O–H groups in total. The van der Waals surface area contributed by atoms with Gasteiger partial charge in [-0.2, -0.15) is 4.31 Å². The van der Waals surface area contributed by atoms with Crippen LogP contribution < -0.4 is 10.1 Å². The molecular formula is C24H33N3O4S. The Bertz CT molecular complexity index is 990. The van der Waals surface area contributed by atoms with Crippen LogP contribution in [0.2, 0.25) is 0 Å². The Morgan fingerprint density at radius 2 is 1.81 bits per heavy atom. The molecule has 2 aromatic rings. The van der Waals surface area contributed by atoms with Gasteiger partial charge in [-0.05, 0) is 49.6 Å². The average molecular weight is 460 g/mol. The summed E-state index contributed by atoms with van der Waals surface area (Å²) in [6, 6.07) is 14.8. The second-order valence-electron chi connectivity index (χ2n) is 8.07. The number of rotatable bonds is 10. The van der Waals surface area contributed by atoms with Gasteiger partial charge in [0.15, 0.2) is 0 Å². The van der Waals surface area contributed by atoms with Crippen LogP contribution in [0, 0.1) is 0 Å². The Morgan fingerprint density at radius 1 is 1.09 bits per heavy atom. The molecule has 7 nitrogen and oxygen atoms in total. The van der Waals surface area contributed by atoms with Gasteiger partial charge in [-0.15, -0.1) is 0 Å². The summed E-state index contributed by atoms with van der Waals surface area (Å²) in [5.74, 6) is 0.103. The highest BCUT2D eigenvalue weighted by molar-refractivity contribution is 7.89. The minimum Gasteiger partial charge on any atom is -0.495 e. The molecule has 0 spiro atoms. The lowest BCUT2D eigenvalue weighted by Crippen LogP contribution is -2.36. The summed E-state index contributed by atoms with van der Waals surface area (Å²) in [4.78, 5) is 14.9. The summed E-state index contributed by atoms with van der Waals surface area (Å²) >= 11 is 0. The van der Waals surface area contributed by atoms with Crippen LogP contribution in [0.4, 0.5) is 5.69 Å². The SMILES string of the molecule is CCCN(CC(=O)Nc1ccc(OC)c(S(=O)(=O)N2CCCCC2)c1)Cc1ccccc1. The molecule has 1 saturated heterocycles. The van der Waals surface area contributed by atoms with Gasteiger partial charge in [0.25, 0.3) is 0 Å². The van der Waals surface area contributed by atoms with E-state index >= 15 is 0 Å². The van der Waals surface area contributed by atoms with Crippen LogP contribution in [-0.4, -0.2) is 56.8 Å². The van der Waals surface area contributed by atoms with E-state index in [-0.39, 0.29) is 23.1 Å². The van der Waals surface area contributed by atoms with Gasteiger partial charge in [0.2, 0.25) is 15.9 Å². The van der Waals surface area contributed by atoms with Crippen LogP contribution in [0.3, 0.4) is 0 Å². The van der Waals surface area contributed by atoms with Gasteiger partial charge in [-0.3, -0.25) is 9.69 Å². The second-order valence-corrected chi connectivity index (χ2v) is 9.98. The third-order valence-electron chi connectivity index (χ3n) is 5.54. The normalized spacial score (nSPS) is 15.0. The molecule has 3 rings (SSSR count). The highest BCUT2D eigenvalue weighted by atomic mass is 32.2. The molecule has 0 bridgehead atoms. The fourth-order valence-corrected chi connectivity index (χ4v) is 5.67. The van der Waals surface area contributed by atoms with Crippen LogP contribution >= 0.6 is 0 Å². The van der Waals surface area contributed by atoms with Gasteiger partial charge >= 0.3 is 0 Å². The smallest absolute Gasteiger partial charge is 0.246 e. The lowest BCUT2D eigenvalue weighted by Gasteiger charge is -2.26. The number of nitrogens with one attached hydrogen (secondary N) is 1. The van der Waals surface area contributed by atoms with Crippen LogP contribution in [0.15, 0.2) is 53.4 Å². The zero-order chi connectivity index (χ0) is 23.0. The van der Waals surface area contributed by atoms with Crippen molar-refractivity contribution in [1.29, 1.82) is 0 Å². The van der Waals surface area contributed by atoms with Crippen molar-refractivity contribution in [3.05, 3.63) is 54.1 Å². The Balaban J connectivity index is 1.73. The molecule has 1 aliphatic rings. The fraction of sp³-hybridized carbons (Fsp3) is 0.458. The predicted molar refractivity (Wildman–Crippen MR) is 126 cm³/mol. The number of hydrogen-bond donors (Lipinski definition) is 1. The third-order valence-corrected chi connectivity index (χ3v) is 7.46. The number of piperidine rings is 1. The summed E-state index contributed by atoms with van der Waals surface area (Å²) < 4.78 is 33.2. The lowest BCUT2D eigenvalue weighted by molar-refractivity contribution is -0.117. The van der Waals surface area contributed by atoms with Crippen LogP contribution in [0.25, 0.3) is 0 Å². The maximum atomic E-state index is 13.2. The Hall–Kier alpha value is -2.42. The van der Waals surface area contributed by atoms with Crippen molar-refractivity contribution in [2.45, 2.75) is 44.0 Å². The van der Waals surface area contributed by atoms with Crippen LogP contribution in [0.5, 0.6) is 5.75 Å². The zero-order valence-electron chi connectivity index (χ0n) is 18.9. The molecule has 0 aliphatic carbocycles. The molecule has 1 aliphatic heterocycles. The molecule has 0 unspecified atom stereocenters. The molecule has 1 fully saturated rings. The highest BCUT2D eigenvalue weighted by Crippen LogP contribution is 2.31. The Morgan fingerprint density at radius 3 is 2.47 bits per heavy atom. The van der Waals surface area contributed by atoms with E-state index in [2.05, 4.69) is 17.1 Å². The number of ether oxygens (including phenoxy) is 1. The van der Waals surface area contributed by atoms with E-state index in [1.165, 1.54) is 17.5 Å². The van der Waals surface area contributed by atoms with Crippen molar-refractivity contribution >= 4 is 21.6 Å². The first-order valence-corrected chi connectivity index (χ1v) is 12.6. The van der Waals surface area contributed by atoms with Gasteiger partial charge in [0.1, 0.15) is 10.6 Å². The highest BCUT2D eigenvalue weighted by Gasteiger charge is 2.29. The molecule has 32 heavy (non-hydrogen) atoms. The average Bonchev–Trinajstić information content (AvgIpc) is 2.80. The van der Waals surface area contributed by atoms with E-state index in [0.29, 0.717) is 25.3 Å². The fourth-order valence-electron chi connectivity index (χ4n) is 3.98. The Labute approximate surface area is 191 Å². The molecule has 1 amide bonds. The monoisotopic (exact) mass is 459 g/mol. The maximum absolute atomic E-state index is 13.2. The standard InChI is InChI=1S/C24H33N3O4S/c1-3-14-26(18-20-10-6-4-7-11-20)19-24(28)25-21-12-13-22(31-2)23(17-21)32(29,30)27-15-8-5-9-16-27/h4,6-7,10-13,17H,3,5,8-9,14-16,18-19H2,1-2H3,(H,25,28). The Kier molecular flexibility index (Phi) is 8.67. The minimum absolute atomic E-state index is 0.0920. The molecule has 0 atom stereocenters. The number of hydrogen-bond acceptors (Lipinski definition) is 5. The number of carbonyl (C=O) groups is 1. The topological polar surface area (TPSA) is 79.0 Å². The summed E-state index contributed by atoms with van der Waals surface area (Å²) in [7, 11) is -2.24. The van der Waals surface area contributed by atoms with Crippen molar-refractivity contribution in [3.63, 3.8) is 0 Å². The molecule has 174 valence electrons.